The minimum absolute atomic E-state index is 0.118. The predicted octanol–water partition coefficient (Wildman–Crippen LogP) is 5.22. The summed E-state index contributed by atoms with van der Waals surface area (Å²) in [4.78, 5) is 15.0. The van der Waals surface area contributed by atoms with E-state index in [1.165, 1.54) is 60.6 Å². The lowest BCUT2D eigenvalue weighted by Crippen LogP contribution is -2.60. The number of nitrogens with one attached hydrogen (secondary N) is 1. The van der Waals surface area contributed by atoms with Gasteiger partial charge in [-0.2, -0.15) is 13.5 Å². The van der Waals surface area contributed by atoms with Gasteiger partial charge in [-0.05, 0) is 80.8 Å². The summed E-state index contributed by atoms with van der Waals surface area (Å²) < 4.78 is 66.8. The summed E-state index contributed by atoms with van der Waals surface area (Å²) in [5, 5.41) is 0.247. The van der Waals surface area contributed by atoms with Crippen molar-refractivity contribution in [1.82, 2.24) is 9.62 Å². The van der Waals surface area contributed by atoms with E-state index in [1.807, 2.05) is 0 Å². The highest BCUT2D eigenvalue weighted by molar-refractivity contribution is 7.89. The van der Waals surface area contributed by atoms with E-state index < -0.39 is 33.5 Å². The van der Waals surface area contributed by atoms with Crippen LogP contribution in [0.15, 0.2) is 53.4 Å². The molecule has 2 aliphatic heterocycles. The summed E-state index contributed by atoms with van der Waals surface area (Å²) in [5.74, 6) is -3.82. The number of amides is 1. The molecule has 11 heteroatoms. The molecular formula is C29H36ClF2N3O4S. The molecule has 0 spiro atoms. The average Bonchev–Trinajstić information content (AvgIpc) is 3.21. The maximum absolute atomic E-state index is 16.0. The van der Waals surface area contributed by atoms with Crippen LogP contribution in [0.3, 0.4) is 0 Å². The molecule has 0 radical (unpaired) electrons. The van der Waals surface area contributed by atoms with E-state index in [4.69, 9.17) is 22.1 Å². The first-order valence-electron chi connectivity index (χ1n) is 14.0. The zero-order valence-corrected chi connectivity index (χ0v) is 23.8. The van der Waals surface area contributed by atoms with Crippen molar-refractivity contribution in [2.75, 3.05) is 6.61 Å². The van der Waals surface area contributed by atoms with E-state index in [9.17, 15) is 13.2 Å². The fraction of sp³-hybridized carbons (Fsp3) is 0.552. The Labute approximate surface area is 239 Å². The Kier molecular flexibility index (Phi) is 8.71. The van der Waals surface area contributed by atoms with Crippen molar-refractivity contribution in [3.63, 3.8) is 0 Å². The lowest BCUT2D eigenvalue weighted by Gasteiger charge is -2.41. The second-order valence-corrected chi connectivity index (χ2v) is 13.5. The standard InChI is InChI=1S/C29H36ClF2N3O4S/c30-21-8-6-20(7-9-21)29(31,32)27(28(36)35-23-10-11-24(35)17-22(33)16-23)34-40(37,38)26-14-12-25(13-15-26)39-18-19-4-2-1-3-5-19/h6-9,12-15,19,22-24,27,34H,1-5,10-11,16-18,33H2. The summed E-state index contributed by atoms with van der Waals surface area (Å²) in [6.07, 6.45) is 8.12. The molecule has 3 aliphatic rings. The van der Waals surface area contributed by atoms with Gasteiger partial charge in [0.2, 0.25) is 15.9 Å². The van der Waals surface area contributed by atoms with Gasteiger partial charge in [-0.3, -0.25) is 4.79 Å². The van der Waals surface area contributed by atoms with Crippen molar-refractivity contribution >= 4 is 27.5 Å². The first kappa shape index (κ1) is 29.2. The molecule has 3 fully saturated rings. The number of carbonyl (C=O) groups excluding carboxylic acids is 1. The molecule has 1 aliphatic carbocycles. The van der Waals surface area contributed by atoms with Crippen molar-refractivity contribution in [3.05, 3.63) is 59.1 Å². The monoisotopic (exact) mass is 595 g/mol. The van der Waals surface area contributed by atoms with Gasteiger partial charge in [-0.1, -0.05) is 43.0 Å². The molecule has 2 aromatic carbocycles. The Hall–Kier alpha value is -2.27. The summed E-state index contributed by atoms with van der Waals surface area (Å²) in [6.45, 7) is 0.552. The minimum atomic E-state index is -4.50. The third kappa shape index (κ3) is 6.30. The van der Waals surface area contributed by atoms with E-state index in [2.05, 4.69) is 4.72 Å². The Morgan fingerprint density at radius 2 is 1.60 bits per heavy atom. The number of nitrogens with two attached hydrogens (primary N) is 1. The highest BCUT2D eigenvalue weighted by atomic mass is 35.5. The van der Waals surface area contributed by atoms with Gasteiger partial charge in [0.15, 0.2) is 6.04 Å². The number of hydrogen-bond acceptors (Lipinski definition) is 5. The second-order valence-electron chi connectivity index (χ2n) is 11.3. The molecule has 1 saturated carbocycles. The van der Waals surface area contributed by atoms with Gasteiger partial charge >= 0.3 is 0 Å². The van der Waals surface area contributed by atoms with Crippen LogP contribution in [-0.4, -0.2) is 50.0 Å². The SMILES string of the molecule is NC1CC2CCC(C1)N2C(=O)C(NS(=O)(=O)c1ccc(OCC2CCCCC2)cc1)C(F)(F)c1ccc(Cl)cc1. The third-order valence-electron chi connectivity index (χ3n) is 8.48. The fourth-order valence-corrected chi connectivity index (χ4v) is 7.67. The van der Waals surface area contributed by atoms with Gasteiger partial charge in [-0.25, -0.2) is 8.42 Å². The van der Waals surface area contributed by atoms with Crippen LogP contribution in [0.25, 0.3) is 0 Å². The minimum Gasteiger partial charge on any atom is -0.493 e. The van der Waals surface area contributed by atoms with Crippen molar-refractivity contribution in [1.29, 1.82) is 0 Å². The lowest BCUT2D eigenvalue weighted by atomic mass is 9.90. The first-order valence-corrected chi connectivity index (χ1v) is 15.9. The summed E-state index contributed by atoms with van der Waals surface area (Å²) >= 11 is 5.90. The summed E-state index contributed by atoms with van der Waals surface area (Å²) in [5.41, 5.74) is 5.61. The zero-order chi connectivity index (χ0) is 28.5. The van der Waals surface area contributed by atoms with Crippen molar-refractivity contribution in [3.8, 4) is 5.75 Å². The quantitative estimate of drug-likeness (QED) is 0.414. The number of halogens is 3. The molecule has 218 valence electrons. The van der Waals surface area contributed by atoms with E-state index >= 15 is 8.78 Å². The molecule has 3 atom stereocenters. The van der Waals surface area contributed by atoms with Crippen LogP contribution in [0.5, 0.6) is 5.75 Å². The Balaban J connectivity index is 1.38. The molecule has 2 saturated heterocycles. The Bertz CT molecular complexity index is 1270. The number of ether oxygens (including phenoxy) is 1. The predicted molar refractivity (Wildman–Crippen MR) is 149 cm³/mol. The highest BCUT2D eigenvalue weighted by Gasteiger charge is 2.53. The molecule has 2 heterocycles. The number of piperidine rings is 1. The molecule has 3 N–H and O–H groups in total. The average molecular weight is 596 g/mol. The molecule has 5 rings (SSSR count). The molecule has 0 aromatic heterocycles. The summed E-state index contributed by atoms with van der Waals surface area (Å²) in [6, 6.07) is 7.37. The number of nitrogens with zero attached hydrogens (tertiary/aromatic N) is 1. The number of hydrogen-bond donors (Lipinski definition) is 2. The smallest absolute Gasteiger partial charge is 0.298 e. The van der Waals surface area contributed by atoms with Crippen molar-refractivity contribution in [2.24, 2.45) is 11.7 Å². The normalized spacial score (nSPS) is 24.6. The third-order valence-corrected chi connectivity index (χ3v) is 10.2. The van der Waals surface area contributed by atoms with E-state index in [0.29, 0.717) is 44.0 Å². The lowest BCUT2D eigenvalue weighted by molar-refractivity contribution is -0.149. The van der Waals surface area contributed by atoms with Crippen LogP contribution >= 0.6 is 11.6 Å². The number of alkyl halides is 2. The van der Waals surface area contributed by atoms with Crippen LogP contribution in [0, 0.1) is 5.92 Å². The molecule has 2 aromatic rings. The van der Waals surface area contributed by atoms with E-state index in [1.54, 1.807) is 0 Å². The van der Waals surface area contributed by atoms with Crippen LogP contribution < -0.4 is 15.2 Å². The van der Waals surface area contributed by atoms with Gasteiger partial charge < -0.3 is 15.4 Å². The van der Waals surface area contributed by atoms with Gasteiger partial charge in [0.1, 0.15) is 5.75 Å². The number of sulfonamides is 1. The number of fused-ring (bicyclic) bond motifs is 2. The molecule has 3 unspecified atom stereocenters. The molecular weight excluding hydrogens is 560 g/mol. The van der Waals surface area contributed by atoms with Crippen molar-refractivity contribution < 1.29 is 26.7 Å². The van der Waals surface area contributed by atoms with Gasteiger partial charge in [0.25, 0.3) is 5.92 Å². The van der Waals surface area contributed by atoms with Crippen LogP contribution in [0.1, 0.15) is 63.4 Å². The zero-order valence-electron chi connectivity index (χ0n) is 22.3. The maximum atomic E-state index is 16.0. The highest BCUT2D eigenvalue weighted by Crippen LogP contribution is 2.40. The second kappa shape index (κ2) is 11.9. The van der Waals surface area contributed by atoms with Crippen molar-refractivity contribution in [2.45, 2.75) is 92.8 Å². The largest absolute Gasteiger partial charge is 0.493 e. The summed E-state index contributed by atoms with van der Waals surface area (Å²) in [7, 11) is -4.50. The van der Waals surface area contributed by atoms with Gasteiger partial charge in [-0.15, -0.1) is 0 Å². The number of rotatable bonds is 9. The van der Waals surface area contributed by atoms with Crippen LogP contribution in [0.2, 0.25) is 5.02 Å². The van der Waals surface area contributed by atoms with Gasteiger partial charge in [0.05, 0.1) is 11.5 Å². The molecule has 1 amide bonds. The van der Waals surface area contributed by atoms with Gasteiger partial charge in [0, 0.05) is 28.7 Å². The molecule has 40 heavy (non-hydrogen) atoms. The Morgan fingerprint density at radius 3 is 2.20 bits per heavy atom. The number of benzene rings is 2. The fourth-order valence-electron chi connectivity index (χ4n) is 6.35. The molecule has 2 bridgehead atoms. The maximum Gasteiger partial charge on any atom is 0.298 e. The Morgan fingerprint density at radius 1 is 1.00 bits per heavy atom. The van der Waals surface area contributed by atoms with Crippen LogP contribution in [0.4, 0.5) is 8.78 Å². The topological polar surface area (TPSA) is 102 Å². The number of carbonyl (C=O) groups is 1. The van der Waals surface area contributed by atoms with Crippen LogP contribution in [-0.2, 0) is 20.7 Å². The van der Waals surface area contributed by atoms with E-state index in [-0.39, 0.29) is 28.0 Å². The molecule has 7 nitrogen and oxygen atoms in total. The van der Waals surface area contributed by atoms with E-state index in [0.717, 1.165) is 25.0 Å². The first-order chi connectivity index (χ1) is 19.0.